The first-order valence-electron chi connectivity index (χ1n) is 9.19. The quantitative estimate of drug-likeness (QED) is 0.472. The second kappa shape index (κ2) is 6.91. The van der Waals surface area contributed by atoms with Gasteiger partial charge in [-0.1, -0.05) is 24.3 Å². The molecule has 0 saturated heterocycles. The second-order valence-electron chi connectivity index (χ2n) is 6.58. The largest absolute Gasteiger partial charge is 0.373 e. The topological polar surface area (TPSA) is 63.6 Å². The number of hydrogen-bond acceptors (Lipinski definition) is 5. The van der Waals surface area contributed by atoms with Crippen LogP contribution in [0, 0.1) is 5.82 Å². The maximum absolute atomic E-state index is 14.5. The monoisotopic (exact) mass is 381 g/mol. The summed E-state index contributed by atoms with van der Waals surface area (Å²) in [6.07, 6.45) is 3.23. The molecule has 0 spiro atoms. The Morgan fingerprint density at radius 1 is 0.793 bits per heavy atom. The van der Waals surface area contributed by atoms with Crippen LogP contribution in [0.4, 0.5) is 10.2 Å². The fourth-order valence-corrected chi connectivity index (χ4v) is 3.59. The molecule has 3 aromatic heterocycles. The summed E-state index contributed by atoms with van der Waals surface area (Å²) in [7, 11) is 1.83. The first-order chi connectivity index (χ1) is 14.3. The van der Waals surface area contributed by atoms with E-state index in [1.807, 2.05) is 43.4 Å². The molecular formula is C23H16FN5. The van der Waals surface area contributed by atoms with E-state index in [1.54, 1.807) is 24.4 Å². The van der Waals surface area contributed by atoms with Crippen molar-refractivity contribution in [2.75, 3.05) is 12.4 Å². The van der Waals surface area contributed by atoms with Gasteiger partial charge in [0.25, 0.3) is 0 Å². The molecule has 140 valence electrons. The van der Waals surface area contributed by atoms with Gasteiger partial charge in [0.2, 0.25) is 0 Å². The van der Waals surface area contributed by atoms with Gasteiger partial charge in [-0.3, -0.25) is 0 Å². The molecule has 5 nitrogen and oxygen atoms in total. The molecule has 0 amide bonds. The van der Waals surface area contributed by atoms with E-state index in [9.17, 15) is 4.39 Å². The van der Waals surface area contributed by atoms with Gasteiger partial charge in [0.15, 0.2) is 5.65 Å². The van der Waals surface area contributed by atoms with Crippen molar-refractivity contribution in [1.82, 2.24) is 19.9 Å². The average molecular weight is 381 g/mol. The minimum Gasteiger partial charge on any atom is -0.373 e. The lowest BCUT2D eigenvalue weighted by molar-refractivity contribution is 0.631. The zero-order chi connectivity index (χ0) is 19.8. The molecule has 0 unspecified atom stereocenters. The van der Waals surface area contributed by atoms with Crippen molar-refractivity contribution in [3.63, 3.8) is 0 Å². The molecule has 0 radical (unpaired) electrons. The van der Waals surface area contributed by atoms with Gasteiger partial charge >= 0.3 is 0 Å². The number of fused-ring (bicyclic) bond motifs is 2. The molecule has 0 atom stereocenters. The normalized spacial score (nSPS) is 11.1. The van der Waals surface area contributed by atoms with Crippen LogP contribution in [0.2, 0.25) is 0 Å². The smallest absolute Gasteiger partial charge is 0.160 e. The molecule has 3 heterocycles. The summed E-state index contributed by atoms with van der Waals surface area (Å²) >= 11 is 0. The zero-order valence-electron chi connectivity index (χ0n) is 15.6. The fourth-order valence-electron chi connectivity index (χ4n) is 3.59. The van der Waals surface area contributed by atoms with E-state index in [0.29, 0.717) is 16.9 Å². The molecule has 0 aliphatic rings. The first-order valence-corrected chi connectivity index (χ1v) is 9.19. The molecule has 0 bridgehead atoms. The highest BCUT2D eigenvalue weighted by molar-refractivity contribution is 6.05. The van der Waals surface area contributed by atoms with Gasteiger partial charge in [-0.2, -0.15) is 0 Å². The summed E-state index contributed by atoms with van der Waals surface area (Å²) in [5, 5.41) is 4.90. The van der Waals surface area contributed by atoms with Crippen LogP contribution in [-0.4, -0.2) is 27.0 Å². The molecule has 0 saturated carbocycles. The Kier molecular flexibility index (Phi) is 4.09. The molecule has 5 rings (SSSR count). The highest BCUT2D eigenvalue weighted by Gasteiger charge is 2.15. The van der Waals surface area contributed by atoms with Gasteiger partial charge in [0.05, 0.1) is 11.2 Å². The number of anilines is 1. The predicted molar refractivity (Wildman–Crippen MR) is 113 cm³/mol. The van der Waals surface area contributed by atoms with E-state index in [-0.39, 0.29) is 5.82 Å². The average Bonchev–Trinajstić information content (AvgIpc) is 2.78. The van der Waals surface area contributed by atoms with E-state index < -0.39 is 0 Å². The van der Waals surface area contributed by atoms with Crippen molar-refractivity contribution in [3.8, 4) is 22.4 Å². The van der Waals surface area contributed by atoms with Gasteiger partial charge in [-0.05, 0) is 42.0 Å². The third kappa shape index (κ3) is 2.86. The van der Waals surface area contributed by atoms with Gasteiger partial charge in [-0.25, -0.2) is 24.3 Å². The van der Waals surface area contributed by atoms with Crippen LogP contribution in [-0.2, 0) is 0 Å². The number of nitrogens with zero attached hydrogens (tertiary/aromatic N) is 4. The maximum Gasteiger partial charge on any atom is 0.160 e. The van der Waals surface area contributed by atoms with Crippen molar-refractivity contribution in [3.05, 3.63) is 79.0 Å². The molecule has 1 N–H and O–H groups in total. The number of rotatable bonds is 3. The Labute approximate surface area is 166 Å². The van der Waals surface area contributed by atoms with E-state index in [1.165, 1.54) is 12.4 Å². The van der Waals surface area contributed by atoms with E-state index >= 15 is 0 Å². The van der Waals surface area contributed by atoms with E-state index in [4.69, 9.17) is 0 Å². The van der Waals surface area contributed by atoms with Crippen LogP contribution in [0.15, 0.2) is 73.2 Å². The Bertz CT molecular complexity index is 1370. The number of aromatic nitrogens is 4. The van der Waals surface area contributed by atoms with Crippen LogP contribution < -0.4 is 5.32 Å². The van der Waals surface area contributed by atoms with Crippen molar-refractivity contribution < 1.29 is 4.39 Å². The number of halogens is 1. The Morgan fingerprint density at radius 3 is 2.48 bits per heavy atom. The third-order valence-electron chi connectivity index (χ3n) is 4.93. The van der Waals surface area contributed by atoms with Crippen LogP contribution >= 0.6 is 0 Å². The van der Waals surface area contributed by atoms with Gasteiger partial charge in [0.1, 0.15) is 18.0 Å². The van der Waals surface area contributed by atoms with Crippen LogP contribution in [0.25, 0.3) is 44.3 Å². The van der Waals surface area contributed by atoms with E-state index in [0.717, 1.165) is 33.2 Å². The number of pyridine rings is 2. The molecule has 0 aliphatic heterocycles. The van der Waals surface area contributed by atoms with Crippen molar-refractivity contribution in [2.24, 2.45) is 0 Å². The van der Waals surface area contributed by atoms with Crippen molar-refractivity contribution in [2.45, 2.75) is 0 Å². The molecule has 6 heteroatoms. The maximum atomic E-state index is 14.5. The Morgan fingerprint density at radius 2 is 1.62 bits per heavy atom. The third-order valence-corrected chi connectivity index (χ3v) is 4.93. The standard InChI is InChI=1S/C23H16FN5/c1-25-22-17-8-4-7-14(21(17)27-13-28-22)18-12-20(16-6-2-3-10-19(16)24)29-23-15(18)9-5-11-26-23/h2-13H,1H3,(H,25,27,28). The van der Waals surface area contributed by atoms with Crippen molar-refractivity contribution >= 4 is 27.8 Å². The molecule has 5 aromatic rings. The molecule has 0 fully saturated rings. The lowest BCUT2D eigenvalue weighted by atomic mass is 9.97. The Hall–Kier alpha value is -3.93. The lowest BCUT2D eigenvalue weighted by Gasteiger charge is -2.13. The van der Waals surface area contributed by atoms with Gasteiger partial charge < -0.3 is 5.32 Å². The second-order valence-corrected chi connectivity index (χ2v) is 6.58. The highest BCUT2D eigenvalue weighted by atomic mass is 19.1. The lowest BCUT2D eigenvalue weighted by Crippen LogP contribution is -1.97. The summed E-state index contributed by atoms with van der Waals surface area (Å²) in [6.45, 7) is 0. The van der Waals surface area contributed by atoms with Crippen LogP contribution in [0.5, 0.6) is 0 Å². The van der Waals surface area contributed by atoms with Crippen LogP contribution in [0.3, 0.4) is 0 Å². The minimum absolute atomic E-state index is 0.320. The molecular weight excluding hydrogens is 365 g/mol. The summed E-state index contributed by atoms with van der Waals surface area (Å²) in [4.78, 5) is 17.9. The van der Waals surface area contributed by atoms with E-state index in [2.05, 4.69) is 25.3 Å². The van der Waals surface area contributed by atoms with Crippen molar-refractivity contribution in [1.29, 1.82) is 0 Å². The number of nitrogens with one attached hydrogen (secondary N) is 1. The number of para-hydroxylation sites is 1. The molecule has 29 heavy (non-hydrogen) atoms. The highest BCUT2D eigenvalue weighted by Crippen LogP contribution is 2.36. The molecule has 2 aromatic carbocycles. The minimum atomic E-state index is -0.320. The van der Waals surface area contributed by atoms with Gasteiger partial charge in [-0.15, -0.1) is 0 Å². The number of hydrogen-bond donors (Lipinski definition) is 1. The van der Waals surface area contributed by atoms with Crippen LogP contribution in [0.1, 0.15) is 0 Å². The molecule has 0 aliphatic carbocycles. The Balaban J connectivity index is 1.86. The first kappa shape index (κ1) is 17.2. The number of benzene rings is 2. The fraction of sp³-hybridized carbons (Fsp3) is 0.0435. The summed E-state index contributed by atoms with van der Waals surface area (Å²) in [5.74, 6) is 0.432. The SMILES string of the molecule is CNc1ncnc2c(-c3cc(-c4ccccc4F)nc4ncccc34)cccc12. The zero-order valence-corrected chi connectivity index (χ0v) is 15.6. The van der Waals surface area contributed by atoms with Gasteiger partial charge in [0, 0.05) is 35.1 Å². The predicted octanol–water partition coefficient (Wildman–Crippen LogP) is 5.09. The summed E-state index contributed by atoms with van der Waals surface area (Å²) < 4.78 is 14.5. The summed E-state index contributed by atoms with van der Waals surface area (Å²) in [5.41, 5.74) is 4.15. The summed E-state index contributed by atoms with van der Waals surface area (Å²) in [6, 6.07) is 18.3.